The highest BCUT2D eigenvalue weighted by Crippen LogP contribution is 2.33. The van der Waals surface area contributed by atoms with Crippen LogP contribution in [0.2, 0.25) is 0 Å². The summed E-state index contributed by atoms with van der Waals surface area (Å²) in [5.41, 5.74) is 3.25. The minimum atomic E-state index is -0.285. The lowest BCUT2D eigenvalue weighted by atomic mass is 10.1. The van der Waals surface area contributed by atoms with Crippen LogP contribution in [0.25, 0.3) is 11.3 Å². The number of aromatic nitrogens is 1. The van der Waals surface area contributed by atoms with E-state index in [1.165, 1.54) is 11.3 Å². The molecule has 2 N–H and O–H groups in total. The molecule has 1 aromatic heterocycles. The zero-order chi connectivity index (χ0) is 19.5. The molecule has 0 radical (unpaired) electrons. The Balaban J connectivity index is 1.39. The largest absolute Gasteiger partial charge is 0.484 e. The van der Waals surface area contributed by atoms with Crippen molar-refractivity contribution in [3.8, 4) is 22.8 Å². The van der Waals surface area contributed by atoms with Crippen molar-refractivity contribution in [2.75, 3.05) is 23.8 Å². The van der Waals surface area contributed by atoms with Gasteiger partial charge >= 0.3 is 0 Å². The molecule has 142 valence electrons. The highest BCUT2D eigenvalue weighted by Gasteiger charge is 2.17. The van der Waals surface area contributed by atoms with Gasteiger partial charge in [0.15, 0.2) is 18.3 Å². The predicted octanol–water partition coefficient (Wildman–Crippen LogP) is 3.47. The number of carbonyl (C=O) groups excluding carboxylic acids is 2. The molecule has 0 spiro atoms. The summed E-state index contributed by atoms with van der Waals surface area (Å²) in [5, 5.41) is 7.82. The number of nitrogens with one attached hydrogen (secondary N) is 2. The number of amides is 2. The number of anilines is 2. The van der Waals surface area contributed by atoms with Crippen LogP contribution in [0.4, 0.5) is 10.8 Å². The summed E-state index contributed by atoms with van der Waals surface area (Å²) < 4.78 is 10.8. The Morgan fingerprint density at radius 3 is 2.93 bits per heavy atom. The molecule has 0 saturated heterocycles. The van der Waals surface area contributed by atoms with Crippen molar-refractivity contribution >= 4 is 34.0 Å². The number of rotatable bonds is 5. The summed E-state index contributed by atoms with van der Waals surface area (Å²) in [7, 11) is 0. The number of thiazole rings is 1. The van der Waals surface area contributed by atoms with Crippen LogP contribution in [0.3, 0.4) is 0 Å². The number of hydrogen-bond donors (Lipinski definition) is 2. The lowest BCUT2D eigenvalue weighted by Crippen LogP contribution is -2.25. The van der Waals surface area contributed by atoms with E-state index < -0.39 is 0 Å². The summed E-state index contributed by atoms with van der Waals surface area (Å²) in [6.07, 6.45) is 0. The Hall–Kier alpha value is -3.39. The molecule has 3 aromatic rings. The van der Waals surface area contributed by atoms with Gasteiger partial charge in [-0.15, -0.1) is 11.3 Å². The second kappa shape index (κ2) is 7.69. The SMILES string of the molecule is Cc1ccc(OCC(=O)Nc2nc(-c3ccc4c(c3)NC(=O)CO4)cs2)cc1. The average molecular weight is 395 g/mol. The average Bonchev–Trinajstić information content (AvgIpc) is 3.15. The number of fused-ring (bicyclic) bond motifs is 1. The minimum Gasteiger partial charge on any atom is -0.484 e. The zero-order valence-corrected chi connectivity index (χ0v) is 15.8. The normalized spacial score (nSPS) is 12.5. The molecular weight excluding hydrogens is 378 g/mol. The summed E-state index contributed by atoms with van der Waals surface area (Å²) in [6.45, 7) is 1.91. The Morgan fingerprint density at radius 1 is 1.29 bits per heavy atom. The van der Waals surface area contributed by atoms with E-state index in [4.69, 9.17) is 9.47 Å². The lowest BCUT2D eigenvalue weighted by Gasteiger charge is -2.18. The monoisotopic (exact) mass is 395 g/mol. The van der Waals surface area contributed by atoms with Crippen LogP contribution in [-0.2, 0) is 9.59 Å². The first kappa shape index (κ1) is 18.0. The maximum atomic E-state index is 12.1. The molecule has 1 aliphatic heterocycles. The van der Waals surface area contributed by atoms with Crippen LogP contribution in [-0.4, -0.2) is 30.0 Å². The van der Waals surface area contributed by atoms with Gasteiger partial charge in [0, 0.05) is 10.9 Å². The van der Waals surface area contributed by atoms with Crippen LogP contribution in [0.15, 0.2) is 47.8 Å². The van der Waals surface area contributed by atoms with Crippen molar-refractivity contribution < 1.29 is 19.1 Å². The van der Waals surface area contributed by atoms with Gasteiger partial charge < -0.3 is 14.8 Å². The predicted molar refractivity (Wildman–Crippen MR) is 107 cm³/mol. The first-order valence-corrected chi connectivity index (χ1v) is 9.47. The fraction of sp³-hybridized carbons (Fsp3) is 0.150. The van der Waals surface area contributed by atoms with Crippen molar-refractivity contribution in [3.63, 3.8) is 0 Å². The van der Waals surface area contributed by atoms with Gasteiger partial charge in [-0.2, -0.15) is 0 Å². The van der Waals surface area contributed by atoms with Crippen molar-refractivity contribution in [3.05, 3.63) is 53.4 Å². The van der Waals surface area contributed by atoms with E-state index in [0.29, 0.717) is 28.0 Å². The van der Waals surface area contributed by atoms with Crippen molar-refractivity contribution in [1.82, 2.24) is 4.98 Å². The molecule has 7 nitrogen and oxygen atoms in total. The second-order valence-corrected chi connectivity index (χ2v) is 7.09. The van der Waals surface area contributed by atoms with Gasteiger partial charge in [-0.3, -0.25) is 14.9 Å². The van der Waals surface area contributed by atoms with Crippen molar-refractivity contribution in [1.29, 1.82) is 0 Å². The molecule has 2 amide bonds. The molecule has 0 atom stereocenters. The molecule has 1 aliphatic rings. The van der Waals surface area contributed by atoms with Gasteiger partial charge in [0.2, 0.25) is 0 Å². The first-order valence-electron chi connectivity index (χ1n) is 8.59. The molecule has 2 aromatic carbocycles. The first-order chi connectivity index (χ1) is 13.6. The Kier molecular flexibility index (Phi) is 4.94. The molecule has 2 heterocycles. The van der Waals surface area contributed by atoms with Crippen LogP contribution in [0.1, 0.15) is 5.56 Å². The number of aryl methyl sites for hydroxylation is 1. The third-order valence-corrected chi connectivity index (χ3v) is 4.81. The number of hydrogen-bond acceptors (Lipinski definition) is 6. The molecule has 28 heavy (non-hydrogen) atoms. The fourth-order valence-corrected chi connectivity index (χ4v) is 3.38. The standard InChI is InChI=1S/C20H17N3O4S/c1-12-2-5-14(6-3-12)26-9-19(25)23-20-22-16(11-28-20)13-4-7-17-15(8-13)21-18(24)10-27-17/h2-8,11H,9-10H2,1H3,(H,21,24)(H,22,23,25). The van der Waals surface area contributed by atoms with Gasteiger partial charge in [-0.05, 0) is 37.3 Å². The Morgan fingerprint density at radius 2 is 2.11 bits per heavy atom. The topological polar surface area (TPSA) is 89.5 Å². The highest BCUT2D eigenvalue weighted by molar-refractivity contribution is 7.14. The maximum absolute atomic E-state index is 12.1. The number of ether oxygens (including phenoxy) is 2. The fourth-order valence-electron chi connectivity index (χ4n) is 2.64. The molecule has 8 heteroatoms. The number of benzene rings is 2. The molecule has 4 rings (SSSR count). The number of nitrogens with zero attached hydrogens (tertiary/aromatic N) is 1. The van der Waals surface area contributed by atoms with Gasteiger partial charge in [0.1, 0.15) is 11.5 Å². The summed E-state index contributed by atoms with van der Waals surface area (Å²) in [4.78, 5) is 28.0. The third-order valence-electron chi connectivity index (χ3n) is 4.05. The Labute approximate surface area is 165 Å². The quantitative estimate of drug-likeness (QED) is 0.691. The van der Waals surface area contributed by atoms with E-state index in [2.05, 4.69) is 15.6 Å². The van der Waals surface area contributed by atoms with E-state index >= 15 is 0 Å². The summed E-state index contributed by atoms with van der Waals surface area (Å²) >= 11 is 1.32. The molecule has 0 bridgehead atoms. The van der Waals surface area contributed by atoms with Crippen molar-refractivity contribution in [2.24, 2.45) is 0 Å². The van der Waals surface area contributed by atoms with Crippen molar-refractivity contribution in [2.45, 2.75) is 6.92 Å². The molecule has 0 saturated carbocycles. The van der Waals surface area contributed by atoms with E-state index in [-0.39, 0.29) is 25.0 Å². The van der Waals surface area contributed by atoms with Crippen LogP contribution in [0, 0.1) is 6.92 Å². The van der Waals surface area contributed by atoms with Gasteiger partial charge in [0.25, 0.3) is 11.8 Å². The molecular formula is C20H17N3O4S. The molecule has 0 aliphatic carbocycles. The van der Waals surface area contributed by atoms with Crippen LogP contribution < -0.4 is 20.1 Å². The van der Waals surface area contributed by atoms with E-state index in [1.54, 1.807) is 12.1 Å². The molecule has 0 unspecified atom stereocenters. The van der Waals surface area contributed by atoms with E-state index in [0.717, 1.165) is 11.1 Å². The van der Waals surface area contributed by atoms with Crippen LogP contribution in [0.5, 0.6) is 11.5 Å². The van der Waals surface area contributed by atoms with E-state index in [9.17, 15) is 9.59 Å². The smallest absolute Gasteiger partial charge is 0.264 e. The maximum Gasteiger partial charge on any atom is 0.264 e. The second-order valence-electron chi connectivity index (χ2n) is 6.24. The third kappa shape index (κ3) is 4.12. The van der Waals surface area contributed by atoms with Gasteiger partial charge in [-0.1, -0.05) is 17.7 Å². The summed E-state index contributed by atoms with van der Waals surface area (Å²) in [6, 6.07) is 12.9. The summed E-state index contributed by atoms with van der Waals surface area (Å²) in [5.74, 6) is 0.788. The Bertz CT molecular complexity index is 1030. The molecule has 0 fully saturated rings. The van der Waals surface area contributed by atoms with Crippen LogP contribution >= 0.6 is 11.3 Å². The van der Waals surface area contributed by atoms with E-state index in [1.807, 2.05) is 42.6 Å². The highest BCUT2D eigenvalue weighted by atomic mass is 32.1. The van der Waals surface area contributed by atoms with Gasteiger partial charge in [-0.25, -0.2) is 4.98 Å². The lowest BCUT2D eigenvalue weighted by molar-refractivity contribution is -0.119. The minimum absolute atomic E-state index is 0.0177. The number of carbonyl (C=O) groups is 2. The zero-order valence-electron chi connectivity index (χ0n) is 15.0. The van der Waals surface area contributed by atoms with Gasteiger partial charge in [0.05, 0.1) is 11.4 Å².